The zero-order chi connectivity index (χ0) is 15.0. The van der Waals surface area contributed by atoms with E-state index >= 15 is 0 Å². The summed E-state index contributed by atoms with van der Waals surface area (Å²) in [7, 11) is 0. The SMILES string of the molecule is CCn1cc(Cl)c(C(=O)Nc2nc3c(C)cccc3s2)n1. The van der Waals surface area contributed by atoms with E-state index in [1.807, 2.05) is 32.0 Å². The summed E-state index contributed by atoms with van der Waals surface area (Å²) in [5.41, 5.74) is 2.20. The molecule has 0 unspecified atom stereocenters. The highest BCUT2D eigenvalue weighted by Gasteiger charge is 2.17. The van der Waals surface area contributed by atoms with Crippen molar-refractivity contribution < 1.29 is 4.79 Å². The summed E-state index contributed by atoms with van der Waals surface area (Å²) in [5, 5.41) is 7.79. The molecule has 5 nitrogen and oxygen atoms in total. The lowest BCUT2D eigenvalue weighted by atomic mass is 10.2. The quantitative estimate of drug-likeness (QED) is 0.800. The molecule has 2 heterocycles. The first-order valence-electron chi connectivity index (χ1n) is 6.49. The molecule has 0 aliphatic rings. The van der Waals surface area contributed by atoms with Crippen molar-refractivity contribution in [3.63, 3.8) is 0 Å². The molecule has 21 heavy (non-hydrogen) atoms. The van der Waals surface area contributed by atoms with Gasteiger partial charge in [0.15, 0.2) is 10.8 Å². The van der Waals surface area contributed by atoms with Gasteiger partial charge < -0.3 is 0 Å². The van der Waals surface area contributed by atoms with Crippen LogP contribution in [0, 0.1) is 6.92 Å². The maximum atomic E-state index is 12.2. The van der Waals surface area contributed by atoms with Crippen LogP contribution >= 0.6 is 22.9 Å². The Morgan fingerprint density at radius 1 is 1.48 bits per heavy atom. The van der Waals surface area contributed by atoms with E-state index in [9.17, 15) is 4.79 Å². The van der Waals surface area contributed by atoms with Crippen molar-refractivity contribution >= 4 is 44.2 Å². The number of hydrogen-bond acceptors (Lipinski definition) is 4. The number of nitrogens with zero attached hydrogens (tertiary/aromatic N) is 3. The van der Waals surface area contributed by atoms with Crippen LogP contribution in [-0.2, 0) is 6.54 Å². The topological polar surface area (TPSA) is 59.8 Å². The van der Waals surface area contributed by atoms with E-state index in [4.69, 9.17) is 11.6 Å². The predicted molar refractivity (Wildman–Crippen MR) is 85.2 cm³/mol. The highest BCUT2D eigenvalue weighted by molar-refractivity contribution is 7.22. The number of benzene rings is 1. The molecule has 0 radical (unpaired) electrons. The highest BCUT2D eigenvalue weighted by atomic mass is 35.5. The van der Waals surface area contributed by atoms with Crippen LogP contribution in [0.4, 0.5) is 5.13 Å². The maximum Gasteiger partial charge on any atom is 0.279 e. The van der Waals surface area contributed by atoms with E-state index in [1.165, 1.54) is 11.3 Å². The van der Waals surface area contributed by atoms with Gasteiger partial charge in [-0.15, -0.1) is 0 Å². The summed E-state index contributed by atoms with van der Waals surface area (Å²) < 4.78 is 2.66. The lowest BCUT2D eigenvalue weighted by molar-refractivity contribution is 0.102. The number of hydrogen-bond donors (Lipinski definition) is 1. The minimum absolute atomic E-state index is 0.217. The standard InChI is InChI=1S/C14H13ClN4OS/c1-3-19-7-9(15)12(18-19)13(20)17-14-16-11-8(2)5-4-6-10(11)21-14/h4-7H,3H2,1-2H3,(H,16,17,20). The second kappa shape index (κ2) is 5.46. The fourth-order valence-corrected chi connectivity index (χ4v) is 3.18. The molecule has 0 aliphatic heterocycles. The summed E-state index contributed by atoms with van der Waals surface area (Å²) in [6, 6.07) is 5.95. The molecular weight excluding hydrogens is 308 g/mol. The van der Waals surface area contributed by atoms with Crippen LogP contribution in [0.1, 0.15) is 23.0 Å². The highest BCUT2D eigenvalue weighted by Crippen LogP contribution is 2.28. The number of carbonyl (C=O) groups is 1. The predicted octanol–water partition coefficient (Wildman–Crippen LogP) is 3.73. The number of halogens is 1. The van der Waals surface area contributed by atoms with E-state index < -0.39 is 0 Å². The van der Waals surface area contributed by atoms with Gasteiger partial charge in [0.1, 0.15) is 0 Å². The van der Waals surface area contributed by atoms with Gasteiger partial charge in [-0.05, 0) is 25.5 Å². The number of para-hydroxylation sites is 1. The third-order valence-electron chi connectivity index (χ3n) is 3.10. The van der Waals surface area contributed by atoms with Gasteiger partial charge in [0.2, 0.25) is 0 Å². The summed E-state index contributed by atoms with van der Waals surface area (Å²) in [6.45, 7) is 4.59. The van der Waals surface area contributed by atoms with E-state index in [-0.39, 0.29) is 11.6 Å². The molecule has 0 fully saturated rings. The minimum atomic E-state index is -0.344. The minimum Gasteiger partial charge on any atom is -0.296 e. The Labute approximate surface area is 130 Å². The number of anilines is 1. The third-order valence-corrected chi connectivity index (χ3v) is 4.31. The summed E-state index contributed by atoms with van der Waals surface area (Å²) >= 11 is 7.46. The Morgan fingerprint density at radius 3 is 2.95 bits per heavy atom. The first kappa shape index (κ1) is 14.0. The average molecular weight is 321 g/mol. The fraction of sp³-hybridized carbons (Fsp3) is 0.214. The smallest absolute Gasteiger partial charge is 0.279 e. The van der Waals surface area contributed by atoms with Crippen molar-refractivity contribution in [2.24, 2.45) is 0 Å². The van der Waals surface area contributed by atoms with Gasteiger partial charge in [0.05, 0.1) is 15.2 Å². The molecule has 0 aliphatic carbocycles. The zero-order valence-corrected chi connectivity index (χ0v) is 13.1. The van der Waals surface area contributed by atoms with Crippen LogP contribution in [0.15, 0.2) is 24.4 Å². The lowest BCUT2D eigenvalue weighted by Gasteiger charge is -1.98. The van der Waals surface area contributed by atoms with Crippen molar-refractivity contribution in [3.05, 3.63) is 40.7 Å². The molecule has 108 valence electrons. The number of aryl methyl sites for hydroxylation is 2. The maximum absolute atomic E-state index is 12.2. The van der Waals surface area contributed by atoms with Gasteiger partial charge in [0, 0.05) is 12.7 Å². The van der Waals surface area contributed by atoms with E-state index in [1.54, 1.807) is 10.9 Å². The fourth-order valence-electron chi connectivity index (χ4n) is 2.01. The molecule has 2 aromatic heterocycles. The molecule has 0 bridgehead atoms. The van der Waals surface area contributed by atoms with Crippen LogP contribution in [0.5, 0.6) is 0 Å². The number of nitrogens with one attached hydrogen (secondary N) is 1. The molecule has 3 aromatic rings. The van der Waals surface area contributed by atoms with Gasteiger partial charge in [0.25, 0.3) is 5.91 Å². The van der Waals surface area contributed by atoms with E-state index in [0.29, 0.717) is 16.7 Å². The van der Waals surface area contributed by atoms with Gasteiger partial charge in [-0.3, -0.25) is 14.8 Å². The molecule has 1 N–H and O–H groups in total. The first-order valence-corrected chi connectivity index (χ1v) is 7.68. The van der Waals surface area contributed by atoms with Crippen molar-refractivity contribution in [1.82, 2.24) is 14.8 Å². The Morgan fingerprint density at radius 2 is 2.29 bits per heavy atom. The normalized spacial score (nSPS) is 11.0. The van der Waals surface area contributed by atoms with Crippen LogP contribution < -0.4 is 5.32 Å². The molecule has 0 spiro atoms. The second-order valence-electron chi connectivity index (χ2n) is 4.58. The number of aromatic nitrogens is 3. The molecule has 3 rings (SSSR count). The number of rotatable bonds is 3. The Balaban J connectivity index is 1.89. The van der Waals surface area contributed by atoms with E-state index in [2.05, 4.69) is 15.4 Å². The second-order valence-corrected chi connectivity index (χ2v) is 6.01. The monoisotopic (exact) mass is 320 g/mol. The first-order chi connectivity index (χ1) is 10.1. The molecule has 0 atom stereocenters. The summed E-state index contributed by atoms with van der Waals surface area (Å²) in [5.74, 6) is -0.344. The zero-order valence-electron chi connectivity index (χ0n) is 11.6. The Kier molecular flexibility index (Phi) is 3.65. The number of carbonyl (C=O) groups excluding carboxylic acids is 1. The lowest BCUT2D eigenvalue weighted by Crippen LogP contribution is -2.13. The molecule has 7 heteroatoms. The Hall–Kier alpha value is -1.92. The largest absolute Gasteiger partial charge is 0.296 e. The number of amides is 1. The van der Waals surface area contributed by atoms with Crippen LogP contribution in [-0.4, -0.2) is 20.7 Å². The van der Waals surface area contributed by atoms with Crippen LogP contribution in [0.2, 0.25) is 5.02 Å². The van der Waals surface area contributed by atoms with Crippen molar-refractivity contribution in [1.29, 1.82) is 0 Å². The molecule has 1 amide bonds. The van der Waals surface area contributed by atoms with Crippen LogP contribution in [0.25, 0.3) is 10.2 Å². The van der Waals surface area contributed by atoms with Crippen molar-refractivity contribution in [3.8, 4) is 0 Å². The molecule has 1 aromatic carbocycles. The van der Waals surface area contributed by atoms with E-state index in [0.717, 1.165) is 15.8 Å². The van der Waals surface area contributed by atoms with Gasteiger partial charge >= 0.3 is 0 Å². The Bertz CT molecular complexity index is 824. The number of fused-ring (bicyclic) bond motifs is 1. The average Bonchev–Trinajstić information content (AvgIpc) is 3.02. The molecule has 0 saturated carbocycles. The third kappa shape index (κ3) is 2.64. The van der Waals surface area contributed by atoms with Gasteiger partial charge in [-0.2, -0.15) is 5.10 Å². The van der Waals surface area contributed by atoms with Gasteiger partial charge in [-0.1, -0.05) is 35.1 Å². The number of thiazole rings is 1. The summed E-state index contributed by atoms with van der Waals surface area (Å²) in [6.07, 6.45) is 1.64. The van der Waals surface area contributed by atoms with Crippen LogP contribution in [0.3, 0.4) is 0 Å². The van der Waals surface area contributed by atoms with Gasteiger partial charge in [-0.25, -0.2) is 4.98 Å². The molecule has 0 saturated heterocycles. The van der Waals surface area contributed by atoms with Crippen molar-refractivity contribution in [2.45, 2.75) is 20.4 Å². The molecular formula is C14H13ClN4OS. The summed E-state index contributed by atoms with van der Waals surface area (Å²) in [4.78, 5) is 16.7. The van der Waals surface area contributed by atoms with Crippen molar-refractivity contribution in [2.75, 3.05) is 5.32 Å².